The minimum Gasteiger partial charge on any atom is -0.353 e. The highest BCUT2D eigenvalue weighted by molar-refractivity contribution is 6.01. The number of amides is 3. The first-order valence-electron chi connectivity index (χ1n) is 11.7. The highest BCUT2D eigenvalue weighted by Gasteiger charge is 2.38. The number of piperazine rings is 1. The maximum absolute atomic E-state index is 13.2. The number of nitrogens with zero attached hydrogens (tertiary/aromatic N) is 5. The molecular formula is C25H29N5O3. The molecule has 0 bridgehead atoms. The maximum atomic E-state index is 13.2. The Morgan fingerprint density at radius 1 is 1.06 bits per heavy atom. The number of hydrogen-bond donors (Lipinski definition) is 0. The van der Waals surface area contributed by atoms with E-state index in [1.165, 1.54) is 0 Å². The van der Waals surface area contributed by atoms with Crippen molar-refractivity contribution < 1.29 is 14.4 Å². The zero-order chi connectivity index (χ0) is 22.9. The van der Waals surface area contributed by atoms with Gasteiger partial charge in [0, 0.05) is 69.7 Å². The van der Waals surface area contributed by atoms with Crippen LogP contribution in [-0.4, -0.2) is 66.9 Å². The summed E-state index contributed by atoms with van der Waals surface area (Å²) in [6.45, 7) is 5.73. The number of fused-ring (bicyclic) bond motifs is 1. The van der Waals surface area contributed by atoms with Crippen LogP contribution < -0.4 is 14.7 Å². The van der Waals surface area contributed by atoms with Crippen LogP contribution in [-0.2, 0) is 20.8 Å². The van der Waals surface area contributed by atoms with Crippen LogP contribution in [0.25, 0.3) is 0 Å². The Labute approximate surface area is 193 Å². The van der Waals surface area contributed by atoms with Crippen LogP contribution in [0.3, 0.4) is 0 Å². The predicted octanol–water partition coefficient (Wildman–Crippen LogP) is 2.08. The lowest BCUT2D eigenvalue weighted by Crippen LogP contribution is -2.51. The van der Waals surface area contributed by atoms with Gasteiger partial charge in [0.1, 0.15) is 5.82 Å². The molecule has 4 heterocycles. The fourth-order valence-corrected chi connectivity index (χ4v) is 5.08. The second-order valence-electron chi connectivity index (χ2n) is 8.87. The Morgan fingerprint density at radius 3 is 2.61 bits per heavy atom. The van der Waals surface area contributed by atoms with Crippen molar-refractivity contribution in [1.82, 2.24) is 9.88 Å². The lowest BCUT2D eigenvalue weighted by atomic mass is 10.1. The van der Waals surface area contributed by atoms with Gasteiger partial charge in [-0.2, -0.15) is 0 Å². The van der Waals surface area contributed by atoms with Crippen molar-refractivity contribution >= 4 is 34.9 Å². The van der Waals surface area contributed by atoms with Gasteiger partial charge in [0.05, 0.1) is 5.92 Å². The average molecular weight is 448 g/mol. The van der Waals surface area contributed by atoms with Crippen molar-refractivity contribution in [1.29, 1.82) is 0 Å². The second kappa shape index (κ2) is 8.84. The zero-order valence-corrected chi connectivity index (χ0v) is 18.9. The summed E-state index contributed by atoms with van der Waals surface area (Å²) in [5.74, 6) is 0.785. The third-order valence-corrected chi connectivity index (χ3v) is 6.91. The number of benzene rings is 1. The Hall–Kier alpha value is -3.42. The fraction of sp³-hybridized carbons (Fsp3) is 0.440. The molecule has 0 unspecified atom stereocenters. The van der Waals surface area contributed by atoms with E-state index in [2.05, 4.69) is 9.88 Å². The highest BCUT2D eigenvalue weighted by atomic mass is 16.2. The summed E-state index contributed by atoms with van der Waals surface area (Å²) in [5.41, 5.74) is 2.85. The van der Waals surface area contributed by atoms with Gasteiger partial charge in [-0.1, -0.05) is 13.0 Å². The monoisotopic (exact) mass is 447 g/mol. The Kier molecular flexibility index (Phi) is 5.74. The minimum absolute atomic E-state index is 0.0140. The molecule has 5 rings (SSSR count). The van der Waals surface area contributed by atoms with Gasteiger partial charge in [0.25, 0.3) is 0 Å². The molecule has 3 aliphatic heterocycles. The summed E-state index contributed by atoms with van der Waals surface area (Å²) in [5, 5.41) is 0. The van der Waals surface area contributed by atoms with Gasteiger partial charge in [-0.3, -0.25) is 14.4 Å². The number of aromatic nitrogens is 1. The molecule has 2 fully saturated rings. The van der Waals surface area contributed by atoms with Gasteiger partial charge in [-0.25, -0.2) is 4.98 Å². The van der Waals surface area contributed by atoms with Crippen LogP contribution >= 0.6 is 0 Å². The van der Waals surface area contributed by atoms with E-state index < -0.39 is 0 Å². The molecule has 3 amide bonds. The van der Waals surface area contributed by atoms with Gasteiger partial charge in [0.2, 0.25) is 17.7 Å². The molecule has 1 aromatic heterocycles. The molecule has 2 saturated heterocycles. The average Bonchev–Trinajstić information content (AvgIpc) is 3.47. The molecule has 33 heavy (non-hydrogen) atoms. The number of carbonyl (C=O) groups excluding carboxylic acids is 3. The van der Waals surface area contributed by atoms with Gasteiger partial charge in [0.15, 0.2) is 0 Å². The normalized spacial score (nSPS) is 20.4. The first-order chi connectivity index (χ1) is 16.0. The first-order valence-corrected chi connectivity index (χ1v) is 11.7. The van der Waals surface area contributed by atoms with Crippen LogP contribution in [0.5, 0.6) is 0 Å². The van der Waals surface area contributed by atoms with Crippen LogP contribution in [0.2, 0.25) is 0 Å². The molecule has 0 aliphatic carbocycles. The summed E-state index contributed by atoms with van der Waals surface area (Å²) in [6, 6.07) is 11.7. The van der Waals surface area contributed by atoms with Crippen LogP contribution in [0.4, 0.5) is 17.2 Å². The van der Waals surface area contributed by atoms with Crippen LogP contribution in [0, 0.1) is 5.92 Å². The third-order valence-electron chi connectivity index (χ3n) is 6.91. The maximum Gasteiger partial charge on any atom is 0.228 e. The zero-order valence-electron chi connectivity index (χ0n) is 18.9. The van der Waals surface area contributed by atoms with Crippen LogP contribution in [0.15, 0.2) is 42.6 Å². The van der Waals surface area contributed by atoms with Crippen molar-refractivity contribution in [3.05, 3.63) is 48.2 Å². The molecule has 8 heteroatoms. The lowest BCUT2D eigenvalue weighted by molar-refractivity contribution is -0.136. The smallest absolute Gasteiger partial charge is 0.228 e. The molecule has 1 atom stereocenters. The van der Waals surface area contributed by atoms with E-state index in [0.717, 1.165) is 42.3 Å². The van der Waals surface area contributed by atoms with E-state index >= 15 is 0 Å². The minimum atomic E-state index is -0.315. The summed E-state index contributed by atoms with van der Waals surface area (Å²) in [7, 11) is 0. The van der Waals surface area contributed by atoms with E-state index in [1.54, 1.807) is 11.1 Å². The first kappa shape index (κ1) is 21.4. The Bertz CT molecular complexity index is 1060. The van der Waals surface area contributed by atoms with E-state index in [4.69, 9.17) is 0 Å². The Morgan fingerprint density at radius 2 is 1.88 bits per heavy atom. The predicted molar refractivity (Wildman–Crippen MR) is 126 cm³/mol. The second-order valence-corrected chi connectivity index (χ2v) is 8.87. The summed E-state index contributed by atoms with van der Waals surface area (Å²) in [6.07, 6.45) is 3.30. The molecule has 2 aromatic rings. The fourth-order valence-electron chi connectivity index (χ4n) is 5.08. The molecule has 0 N–H and O–H groups in total. The molecule has 0 saturated carbocycles. The molecule has 0 radical (unpaired) electrons. The molecular weight excluding hydrogens is 418 g/mol. The van der Waals surface area contributed by atoms with Crippen LogP contribution in [0.1, 0.15) is 25.3 Å². The van der Waals surface area contributed by atoms with Crippen molar-refractivity contribution in [3.63, 3.8) is 0 Å². The van der Waals surface area contributed by atoms with Crippen molar-refractivity contribution in [2.45, 2.75) is 26.2 Å². The number of hydrogen-bond acceptors (Lipinski definition) is 5. The van der Waals surface area contributed by atoms with Crippen molar-refractivity contribution in [2.24, 2.45) is 5.92 Å². The summed E-state index contributed by atoms with van der Waals surface area (Å²) >= 11 is 0. The summed E-state index contributed by atoms with van der Waals surface area (Å²) in [4.78, 5) is 50.2. The third kappa shape index (κ3) is 4.05. The van der Waals surface area contributed by atoms with E-state index in [-0.39, 0.29) is 30.1 Å². The standard InChI is InChI=1S/C25H29N5O3/c1-2-23(31)29-10-8-18-15-20(6-7-21(18)29)30-17-19(16-24(30)32)25(33)28-13-11-27(12-14-28)22-5-3-4-9-26-22/h3-7,9,15,19H,2,8,10-14,16-17H2,1H3/t19-/m1/s1. The SMILES string of the molecule is CCC(=O)N1CCc2cc(N3C[C@H](C(=O)N4CCN(c5ccccn5)CC4)CC3=O)ccc21. The van der Waals surface area contributed by atoms with Gasteiger partial charge in [-0.05, 0) is 42.3 Å². The molecule has 172 valence electrons. The van der Waals surface area contributed by atoms with E-state index in [9.17, 15) is 14.4 Å². The molecule has 3 aliphatic rings. The van der Waals surface area contributed by atoms with Crippen molar-refractivity contribution in [2.75, 3.05) is 54.0 Å². The van der Waals surface area contributed by atoms with Gasteiger partial charge >= 0.3 is 0 Å². The van der Waals surface area contributed by atoms with E-state index in [1.807, 2.05) is 53.1 Å². The Balaban J connectivity index is 1.22. The number of pyridine rings is 1. The van der Waals surface area contributed by atoms with Gasteiger partial charge in [-0.15, -0.1) is 0 Å². The molecule has 0 spiro atoms. The number of rotatable bonds is 4. The largest absolute Gasteiger partial charge is 0.353 e. The van der Waals surface area contributed by atoms with Crippen molar-refractivity contribution in [3.8, 4) is 0 Å². The molecule has 8 nitrogen and oxygen atoms in total. The summed E-state index contributed by atoms with van der Waals surface area (Å²) < 4.78 is 0. The topological polar surface area (TPSA) is 77.1 Å². The molecule has 1 aromatic carbocycles. The van der Waals surface area contributed by atoms with E-state index in [0.29, 0.717) is 32.6 Å². The van der Waals surface area contributed by atoms with Gasteiger partial charge < -0.3 is 19.6 Å². The quantitative estimate of drug-likeness (QED) is 0.717. The number of anilines is 3. The number of carbonyl (C=O) groups is 3. The highest BCUT2D eigenvalue weighted by Crippen LogP contribution is 2.34. The lowest BCUT2D eigenvalue weighted by Gasteiger charge is -2.36.